The van der Waals surface area contributed by atoms with Crippen molar-refractivity contribution in [1.82, 2.24) is 9.97 Å². The number of esters is 2. The predicted octanol–water partition coefficient (Wildman–Crippen LogP) is 4.18. The number of carboxylic acid groups (broad SMARTS) is 1. The lowest BCUT2D eigenvalue weighted by Crippen LogP contribution is -2.28. The van der Waals surface area contributed by atoms with Crippen LogP contribution in [0.1, 0.15) is 82.5 Å². The highest BCUT2D eigenvalue weighted by atomic mass is 16.5. The predicted molar refractivity (Wildman–Crippen MR) is 138 cm³/mol. The van der Waals surface area contributed by atoms with Gasteiger partial charge in [0.05, 0.1) is 66.3 Å². The molecular formula is C28H36N4O8. The van der Waals surface area contributed by atoms with E-state index in [1.54, 1.807) is 27.7 Å². The third-order valence-electron chi connectivity index (χ3n) is 7.00. The first-order valence-corrected chi connectivity index (χ1v) is 12.8. The highest BCUT2D eigenvalue weighted by Crippen LogP contribution is 2.36. The number of hydrogen-bond donors (Lipinski definition) is 1. The number of hydrogen-bond acceptors (Lipinski definition) is 11. The highest BCUT2D eigenvalue weighted by molar-refractivity contribution is 5.76. The van der Waals surface area contributed by atoms with Gasteiger partial charge in [-0.25, -0.2) is 9.97 Å². The number of carbonyl (C=O) groups is 3. The Balaban J connectivity index is 2.25. The van der Waals surface area contributed by atoms with Crippen molar-refractivity contribution >= 4 is 17.9 Å². The molecule has 2 aromatic heterocycles. The van der Waals surface area contributed by atoms with Crippen LogP contribution < -0.4 is 0 Å². The molecule has 216 valence electrons. The molecule has 2 heterocycles. The van der Waals surface area contributed by atoms with Crippen molar-refractivity contribution in [3.05, 3.63) is 35.7 Å². The SMILES string of the molecule is COC(=O)C(C)(C)Cc1nc(C(C#N)CC(CC(C#N)c2coc(CC(C)(C)C(=O)OC)n2)C(C)C(=O)O)co1. The van der Waals surface area contributed by atoms with E-state index in [2.05, 4.69) is 22.1 Å². The molecule has 0 saturated carbocycles. The fraction of sp³-hybridized carbons (Fsp3) is 0.607. The van der Waals surface area contributed by atoms with E-state index in [4.69, 9.17) is 18.3 Å². The minimum Gasteiger partial charge on any atom is -0.481 e. The van der Waals surface area contributed by atoms with E-state index in [0.29, 0.717) is 11.4 Å². The van der Waals surface area contributed by atoms with Gasteiger partial charge in [0.2, 0.25) is 0 Å². The van der Waals surface area contributed by atoms with Crippen LogP contribution in [0.3, 0.4) is 0 Å². The normalized spacial score (nSPS) is 14.7. The lowest BCUT2D eigenvalue weighted by Gasteiger charge is -2.24. The van der Waals surface area contributed by atoms with Crippen LogP contribution in [0.5, 0.6) is 0 Å². The molecule has 12 nitrogen and oxygen atoms in total. The van der Waals surface area contributed by atoms with Crippen molar-refractivity contribution in [1.29, 1.82) is 10.5 Å². The molecule has 0 fully saturated rings. The fourth-order valence-electron chi connectivity index (χ4n) is 4.38. The zero-order chi connectivity index (χ0) is 30.3. The number of nitriles is 2. The smallest absolute Gasteiger partial charge is 0.311 e. The van der Waals surface area contributed by atoms with Crippen molar-refractivity contribution in [2.45, 2.75) is 72.1 Å². The molecule has 0 aromatic carbocycles. The van der Waals surface area contributed by atoms with Gasteiger partial charge >= 0.3 is 17.9 Å². The molecule has 2 rings (SSSR count). The van der Waals surface area contributed by atoms with Gasteiger partial charge in [-0.15, -0.1) is 0 Å². The molecule has 0 spiro atoms. The van der Waals surface area contributed by atoms with Crippen molar-refractivity contribution in [3.8, 4) is 12.1 Å². The summed E-state index contributed by atoms with van der Waals surface area (Å²) in [4.78, 5) is 44.7. The second-order valence-corrected chi connectivity index (χ2v) is 11.2. The van der Waals surface area contributed by atoms with Gasteiger partial charge in [-0.1, -0.05) is 6.92 Å². The van der Waals surface area contributed by atoms with Gasteiger partial charge in [0.25, 0.3) is 0 Å². The van der Waals surface area contributed by atoms with Crippen molar-refractivity contribution in [2.75, 3.05) is 14.2 Å². The molecular weight excluding hydrogens is 520 g/mol. The van der Waals surface area contributed by atoms with E-state index in [1.165, 1.54) is 33.7 Å². The number of oxazole rings is 2. The summed E-state index contributed by atoms with van der Waals surface area (Å²) >= 11 is 0. The Bertz CT molecular complexity index is 1190. The topological polar surface area (TPSA) is 190 Å². The van der Waals surface area contributed by atoms with Crippen LogP contribution in [0.25, 0.3) is 0 Å². The van der Waals surface area contributed by atoms with Crippen LogP contribution in [-0.4, -0.2) is 47.2 Å². The Kier molecular flexibility index (Phi) is 10.6. The lowest BCUT2D eigenvalue weighted by atomic mass is 9.78. The van der Waals surface area contributed by atoms with Crippen LogP contribution in [0, 0.1) is 45.3 Å². The van der Waals surface area contributed by atoms with Crippen molar-refractivity contribution < 1.29 is 37.8 Å². The molecule has 40 heavy (non-hydrogen) atoms. The van der Waals surface area contributed by atoms with E-state index in [9.17, 15) is 30.0 Å². The quantitative estimate of drug-likeness (QED) is 0.327. The van der Waals surface area contributed by atoms with Crippen LogP contribution >= 0.6 is 0 Å². The second kappa shape index (κ2) is 13.2. The zero-order valence-corrected chi connectivity index (χ0v) is 23.9. The molecule has 0 aliphatic rings. The van der Waals surface area contributed by atoms with Gasteiger partial charge in [0.15, 0.2) is 11.8 Å². The minimum atomic E-state index is -1.07. The Morgan fingerprint density at radius 1 is 0.875 bits per heavy atom. The molecule has 2 aromatic rings. The number of rotatable bonds is 14. The first-order valence-electron chi connectivity index (χ1n) is 12.8. The van der Waals surface area contributed by atoms with E-state index in [-0.39, 0.29) is 37.5 Å². The summed E-state index contributed by atoms with van der Waals surface area (Å²) in [6, 6.07) is 4.32. The van der Waals surface area contributed by atoms with Crippen LogP contribution in [0.2, 0.25) is 0 Å². The Morgan fingerprint density at radius 2 is 1.25 bits per heavy atom. The maximum absolute atomic E-state index is 12.0. The minimum absolute atomic E-state index is 0.0919. The first-order chi connectivity index (χ1) is 18.7. The molecule has 0 saturated heterocycles. The summed E-state index contributed by atoms with van der Waals surface area (Å²) in [5.74, 6) is -4.59. The fourth-order valence-corrected chi connectivity index (χ4v) is 4.38. The molecule has 12 heteroatoms. The number of carboxylic acids is 1. The Labute approximate surface area is 233 Å². The van der Waals surface area contributed by atoms with Crippen LogP contribution in [0.15, 0.2) is 21.4 Å². The standard InChI is InChI=1S/C28H36N4O8/c1-16(24(33)34)17(8-18(12-29)20-14-39-22(31-20)10-27(2,3)25(35)37-6)9-19(13-30)21-15-40-23(32-21)11-28(4,5)26(36)38-7/h14-19H,8-11H2,1-7H3,(H,33,34). The number of nitrogens with zero attached hydrogens (tertiary/aromatic N) is 4. The second-order valence-electron chi connectivity index (χ2n) is 11.2. The summed E-state index contributed by atoms with van der Waals surface area (Å²) in [6.07, 6.45) is 3.12. The summed E-state index contributed by atoms with van der Waals surface area (Å²) in [5.41, 5.74) is -1.19. The Hall–Kier alpha value is -4.19. The Morgan fingerprint density at radius 3 is 1.55 bits per heavy atom. The van der Waals surface area contributed by atoms with Crippen molar-refractivity contribution in [2.24, 2.45) is 22.7 Å². The first kappa shape index (κ1) is 32.0. The third kappa shape index (κ3) is 7.92. The zero-order valence-electron chi connectivity index (χ0n) is 23.9. The van der Waals surface area contributed by atoms with Gasteiger partial charge in [0, 0.05) is 12.8 Å². The van der Waals surface area contributed by atoms with Crippen LogP contribution in [0.4, 0.5) is 0 Å². The number of carbonyl (C=O) groups excluding carboxylic acids is 2. The van der Waals surface area contributed by atoms with Gasteiger partial charge in [-0.2, -0.15) is 10.5 Å². The van der Waals surface area contributed by atoms with Gasteiger partial charge in [0.1, 0.15) is 12.5 Å². The number of aliphatic carboxylic acids is 1. The number of ether oxygens (including phenoxy) is 2. The summed E-state index contributed by atoms with van der Waals surface area (Å²) < 4.78 is 20.7. The van der Waals surface area contributed by atoms with E-state index >= 15 is 0 Å². The average Bonchev–Trinajstić information content (AvgIpc) is 3.56. The lowest BCUT2D eigenvalue weighted by molar-refractivity contribution is -0.151. The summed E-state index contributed by atoms with van der Waals surface area (Å²) in [7, 11) is 2.58. The van der Waals surface area contributed by atoms with E-state index in [1.807, 2.05) is 0 Å². The van der Waals surface area contributed by atoms with E-state index in [0.717, 1.165) is 0 Å². The van der Waals surface area contributed by atoms with Gasteiger partial charge in [-0.05, 0) is 46.5 Å². The molecule has 3 unspecified atom stereocenters. The van der Waals surface area contributed by atoms with Crippen LogP contribution in [-0.2, 0) is 36.7 Å². The molecule has 0 amide bonds. The molecule has 0 aliphatic heterocycles. The van der Waals surface area contributed by atoms with Gasteiger partial charge in [-0.3, -0.25) is 14.4 Å². The number of methoxy groups -OCH3 is 2. The maximum atomic E-state index is 12.0. The molecule has 0 radical (unpaired) electrons. The molecule has 0 bridgehead atoms. The molecule has 3 atom stereocenters. The van der Waals surface area contributed by atoms with E-state index < -0.39 is 52.4 Å². The summed E-state index contributed by atoms with van der Waals surface area (Å²) in [6.45, 7) is 8.26. The molecule has 1 N–H and O–H groups in total. The average molecular weight is 557 g/mol. The third-order valence-corrected chi connectivity index (χ3v) is 7.00. The molecule has 0 aliphatic carbocycles. The monoisotopic (exact) mass is 556 g/mol. The largest absolute Gasteiger partial charge is 0.481 e. The summed E-state index contributed by atoms with van der Waals surface area (Å²) in [5, 5.41) is 29.6. The highest BCUT2D eigenvalue weighted by Gasteiger charge is 2.35. The van der Waals surface area contributed by atoms with Gasteiger partial charge < -0.3 is 23.4 Å². The number of aromatic nitrogens is 2. The maximum Gasteiger partial charge on any atom is 0.311 e. The van der Waals surface area contributed by atoms with Crippen molar-refractivity contribution in [3.63, 3.8) is 0 Å².